The average molecular weight is 324 g/mol. The molecule has 2 nitrogen and oxygen atoms in total. The van der Waals surface area contributed by atoms with Crippen molar-refractivity contribution in [1.29, 1.82) is 5.26 Å². The lowest BCUT2D eigenvalue weighted by Gasteiger charge is -2.08. The van der Waals surface area contributed by atoms with Gasteiger partial charge in [-0.05, 0) is 36.4 Å². The Morgan fingerprint density at radius 1 is 1.11 bits per heavy atom. The van der Waals surface area contributed by atoms with Crippen LogP contribution in [0.2, 0.25) is 0 Å². The smallest absolute Gasteiger partial charge is 0.166 e. The second-order valence-corrected chi connectivity index (χ2v) is 4.70. The fourth-order valence-corrected chi connectivity index (χ4v) is 1.91. The predicted octanol–water partition coefficient (Wildman–Crippen LogP) is 4.18. The zero-order valence-electron chi connectivity index (χ0n) is 9.66. The van der Waals surface area contributed by atoms with Crippen molar-refractivity contribution in [3.63, 3.8) is 0 Å². The number of rotatable bonds is 3. The van der Waals surface area contributed by atoms with E-state index in [1.165, 1.54) is 18.2 Å². The van der Waals surface area contributed by atoms with Crippen LogP contribution >= 0.6 is 15.9 Å². The Balaban J connectivity index is 2.15. The number of benzene rings is 2. The van der Waals surface area contributed by atoms with E-state index in [-0.39, 0.29) is 17.9 Å². The van der Waals surface area contributed by atoms with Gasteiger partial charge in [0.25, 0.3) is 0 Å². The Labute approximate surface area is 117 Å². The molecule has 0 aliphatic heterocycles. The SMILES string of the molecule is N#Cc1ccc(OCc2cc(Br)ccc2F)c(F)c1. The Morgan fingerprint density at radius 2 is 1.89 bits per heavy atom. The molecule has 0 spiro atoms. The molecule has 0 amide bonds. The van der Waals surface area contributed by atoms with E-state index >= 15 is 0 Å². The molecule has 0 heterocycles. The van der Waals surface area contributed by atoms with Crippen LogP contribution in [0.15, 0.2) is 40.9 Å². The second kappa shape index (κ2) is 5.81. The van der Waals surface area contributed by atoms with Gasteiger partial charge in [0.2, 0.25) is 0 Å². The molecule has 0 saturated heterocycles. The zero-order valence-corrected chi connectivity index (χ0v) is 11.2. The first-order valence-electron chi connectivity index (χ1n) is 5.36. The van der Waals surface area contributed by atoms with Crippen LogP contribution < -0.4 is 4.74 Å². The molecule has 0 bridgehead atoms. The Bertz CT molecular complexity index is 652. The summed E-state index contributed by atoms with van der Waals surface area (Å²) in [6.45, 7) is -0.0892. The number of ether oxygens (including phenoxy) is 1. The number of hydrogen-bond acceptors (Lipinski definition) is 2. The molecule has 0 atom stereocenters. The lowest BCUT2D eigenvalue weighted by molar-refractivity contribution is 0.284. The zero-order chi connectivity index (χ0) is 13.8. The fourth-order valence-electron chi connectivity index (χ4n) is 1.50. The van der Waals surface area contributed by atoms with Crippen LogP contribution in [0, 0.1) is 23.0 Å². The minimum atomic E-state index is -0.644. The topological polar surface area (TPSA) is 33.0 Å². The molecule has 0 radical (unpaired) electrons. The van der Waals surface area contributed by atoms with E-state index in [9.17, 15) is 8.78 Å². The molecule has 0 aromatic heterocycles. The average Bonchev–Trinajstić information content (AvgIpc) is 2.40. The monoisotopic (exact) mass is 323 g/mol. The molecule has 5 heteroatoms. The minimum absolute atomic E-state index is 0.0154. The third-order valence-electron chi connectivity index (χ3n) is 2.45. The maximum absolute atomic E-state index is 13.5. The molecule has 2 aromatic carbocycles. The summed E-state index contributed by atoms with van der Waals surface area (Å²) in [6.07, 6.45) is 0. The summed E-state index contributed by atoms with van der Waals surface area (Å²) in [5, 5.41) is 8.62. The Morgan fingerprint density at radius 3 is 2.58 bits per heavy atom. The summed E-state index contributed by atoms with van der Waals surface area (Å²) in [5.41, 5.74) is 0.525. The highest BCUT2D eigenvalue weighted by atomic mass is 79.9. The van der Waals surface area contributed by atoms with E-state index in [1.807, 2.05) is 6.07 Å². The van der Waals surface area contributed by atoms with E-state index in [4.69, 9.17) is 10.00 Å². The molecule has 2 rings (SSSR count). The van der Waals surface area contributed by atoms with Crippen molar-refractivity contribution in [2.24, 2.45) is 0 Å². The third kappa shape index (κ3) is 3.30. The van der Waals surface area contributed by atoms with E-state index in [0.29, 0.717) is 10.0 Å². The van der Waals surface area contributed by atoms with Crippen molar-refractivity contribution >= 4 is 15.9 Å². The van der Waals surface area contributed by atoms with Gasteiger partial charge in [-0.2, -0.15) is 5.26 Å². The lowest BCUT2D eigenvalue weighted by Crippen LogP contribution is -2.00. The number of nitriles is 1. The highest BCUT2D eigenvalue weighted by Crippen LogP contribution is 2.21. The summed E-state index contributed by atoms with van der Waals surface area (Å²) in [5.74, 6) is -1.08. The van der Waals surface area contributed by atoms with Crippen LogP contribution in [0.1, 0.15) is 11.1 Å². The molecule has 0 fully saturated rings. The summed E-state index contributed by atoms with van der Waals surface area (Å²) in [6, 6.07) is 10.1. The molecule has 96 valence electrons. The van der Waals surface area contributed by atoms with Crippen molar-refractivity contribution in [2.75, 3.05) is 0 Å². The standard InChI is InChI=1S/C14H8BrF2NO/c15-11-2-3-12(16)10(6-11)8-19-14-4-1-9(7-18)5-13(14)17/h1-6H,8H2. The first-order valence-corrected chi connectivity index (χ1v) is 6.16. The first kappa shape index (κ1) is 13.5. The van der Waals surface area contributed by atoms with Gasteiger partial charge in [0.05, 0.1) is 11.6 Å². The Kier molecular flexibility index (Phi) is 4.13. The van der Waals surface area contributed by atoms with E-state index in [0.717, 1.165) is 6.07 Å². The maximum Gasteiger partial charge on any atom is 0.166 e. The molecular formula is C14H8BrF2NO. The number of halogens is 3. The lowest BCUT2D eigenvalue weighted by atomic mass is 10.2. The van der Waals surface area contributed by atoms with E-state index < -0.39 is 11.6 Å². The molecule has 0 saturated carbocycles. The molecule has 0 unspecified atom stereocenters. The van der Waals surface area contributed by atoms with Crippen LogP contribution in [-0.2, 0) is 6.61 Å². The van der Waals surface area contributed by atoms with Crippen LogP contribution in [0.4, 0.5) is 8.78 Å². The van der Waals surface area contributed by atoms with Crippen molar-refractivity contribution in [3.8, 4) is 11.8 Å². The highest BCUT2D eigenvalue weighted by Gasteiger charge is 2.08. The fraction of sp³-hybridized carbons (Fsp3) is 0.0714. The Hall–Kier alpha value is -1.93. The quantitative estimate of drug-likeness (QED) is 0.849. The normalized spacial score (nSPS) is 10.0. The summed E-state index contributed by atoms with van der Waals surface area (Å²) < 4.78 is 32.9. The van der Waals surface area contributed by atoms with Gasteiger partial charge in [0.15, 0.2) is 11.6 Å². The minimum Gasteiger partial charge on any atom is -0.486 e. The molecular weight excluding hydrogens is 316 g/mol. The van der Waals surface area contributed by atoms with Gasteiger partial charge < -0.3 is 4.74 Å². The van der Waals surface area contributed by atoms with Gasteiger partial charge >= 0.3 is 0 Å². The molecule has 19 heavy (non-hydrogen) atoms. The van der Waals surface area contributed by atoms with Crippen molar-refractivity contribution in [1.82, 2.24) is 0 Å². The van der Waals surface area contributed by atoms with Crippen molar-refractivity contribution in [2.45, 2.75) is 6.61 Å². The molecule has 0 aliphatic rings. The van der Waals surface area contributed by atoms with Gasteiger partial charge in [-0.3, -0.25) is 0 Å². The molecule has 0 aliphatic carbocycles. The van der Waals surface area contributed by atoms with Gasteiger partial charge in [-0.25, -0.2) is 8.78 Å². The summed E-state index contributed by atoms with van der Waals surface area (Å²) in [4.78, 5) is 0. The van der Waals surface area contributed by atoms with Gasteiger partial charge in [0, 0.05) is 10.0 Å². The van der Waals surface area contributed by atoms with E-state index in [2.05, 4.69) is 15.9 Å². The third-order valence-corrected chi connectivity index (χ3v) is 2.95. The van der Waals surface area contributed by atoms with Crippen LogP contribution in [0.3, 0.4) is 0 Å². The number of nitrogens with zero attached hydrogens (tertiary/aromatic N) is 1. The maximum atomic E-state index is 13.5. The van der Waals surface area contributed by atoms with E-state index in [1.54, 1.807) is 12.1 Å². The van der Waals surface area contributed by atoms with Crippen LogP contribution in [0.25, 0.3) is 0 Å². The highest BCUT2D eigenvalue weighted by molar-refractivity contribution is 9.10. The molecule has 2 aromatic rings. The predicted molar refractivity (Wildman–Crippen MR) is 69.5 cm³/mol. The largest absolute Gasteiger partial charge is 0.486 e. The van der Waals surface area contributed by atoms with Crippen LogP contribution in [-0.4, -0.2) is 0 Å². The second-order valence-electron chi connectivity index (χ2n) is 3.78. The number of hydrogen-bond donors (Lipinski definition) is 0. The molecule has 0 N–H and O–H groups in total. The summed E-state index contributed by atoms with van der Waals surface area (Å²) >= 11 is 3.22. The first-order chi connectivity index (χ1) is 9.10. The summed E-state index contributed by atoms with van der Waals surface area (Å²) in [7, 11) is 0. The van der Waals surface area contributed by atoms with Crippen molar-refractivity contribution in [3.05, 3.63) is 63.6 Å². The van der Waals surface area contributed by atoms with Crippen LogP contribution in [0.5, 0.6) is 5.75 Å². The van der Waals surface area contributed by atoms with Gasteiger partial charge in [-0.1, -0.05) is 15.9 Å². The van der Waals surface area contributed by atoms with Crippen molar-refractivity contribution < 1.29 is 13.5 Å². The van der Waals surface area contributed by atoms with Gasteiger partial charge in [-0.15, -0.1) is 0 Å². The van der Waals surface area contributed by atoms with Gasteiger partial charge in [0.1, 0.15) is 12.4 Å².